The number of hydrogen-bond acceptors (Lipinski definition) is 6. The zero-order valence-corrected chi connectivity index (χ0v) is 16.2. The zero-order chi connectivity index (χ0) is 19.3. The molecular formula is C20H20N6OS. The first-order chi connectivity index (χ1) is 13.7. The maximum absolute atomic E-state index is 12.3. The molecule has 0 saturated heterocycles. The van der Waals surface area contributed by atoms with Crippen molar-refractivity contribution in [2.75, 3.05) is 11.9 Å². The molecule has 0 spiro atoms. The third-order valence-corrected chi connectivity index (χ3v) is 5.21. The first-order valence-electron chi connectivity index (χ1n) is 8.98. The van der Waals surface area contributed by atoms with Gasteiger partial charge in [-0.25, -0.2) is 14.6 Å². The summed E-state index contributed by atoms with van der Waals surface area (Å²) in [6, 6.07) is 11.6. The number of carbonyl (C=O) groups is 1. The molecule has 0 aliphatic carbocycles. The fraction of sp³-hybridized carbons (Fsp3) is 0.200. The van der Waals surface area contributed by atoms with Crippen molar-refractivity contribution in [1.82, 2.24) is 25.1 Å². The van der Waals surface area contributed by atoms with Crippen LogP contribution in [0, 0.1) is 6.92 Å². The fourth-order valence-electron chi connectivity index (χ4n) is 2.95. The molecule has 142 valence electrons. The van der Waals surface area contributed by atoms with Gasteiger partial charge in [-0.15, -0.1) is 11.3 Å². The van der Waals surface area contributed by atoms with E-state index >= 15 is 0 Å². The number of aromatic nitrogens is 4. The summed E-state index contributed by atoms with van der Waals surface area (Å²) in [6.07, 6.45) is 3.29. The number of anilines is 1. The van der Waals surface area contributed by atoms with Crippen molar-refractivity contribution in [3.8, 4) is 0 Å². The molecule has 0 radical (unpaired) electrons. The topological polar surface area (TPSA) is 84.7 Å². The third-order valence-electron chi connectivity index (χ3n) is 4.33. The Morgan fingerprint density at radius 3 is 2.96 bits per heavy atom. The second-order valence-corrected chi connectivity index (χ2v) is 7.42. The molecular weight excluding hydrogens is 372 g/mol. The molecule has 3 aromatic heterocycles. The Morgan fingerprint density at radius 2 is 2.14 bits per heavy atom. The summed E-state index contributed by atoms with van der Waals surface area (Å²) in [5, 5.41) is 13.6. The number of rotatable bonds is 7. The molecule has 4 aromatic rings. The number of nitrogens with zero attached hydrogens (tertiary/aromatic N) is 4. The predicted molar refractivity (Wildman–Crippen MR) is 110 cm³/mol. The number of nitrogens with one attached hydrogen (secondary N) is 2. The number of amides is 1. The number of carbonyl (C=O) groups excluding carboxylic acids is 1. The Balaban J connectivity index is 1.40. The quantitative estimate of drug-likeness (QED) is 0.504. The number of aryl methyl sites for hydroxylation is 1. The van der Waals surface area contributed by atoms with E-state index in [1.165, 1.54) is 11.2 Å². The van der Waals surface area contributed by atoms with Gasteiger partial charge in [0.05, 0.1) is 24.7 Å². The van der Waals surface area contributed by atoms with Crippen LogP contribution in [0.5, 0.6) is 0 Å². The van der Waals surface area contributed by atoms with E-state index < -0.39 is 0 Å². The highest BCUT2D eigenvalue weighted by atomic mass is 32.1. The number of thiophene rings is 1. The summed E-state index contributed by atoms with van der Waals surface area (Å²) in [5.41, 5.74) is 2.46. The summed E-state index contributed by atoms with van der Waals surface area (Å²) in [5.74, 6) is 0.668. The molecule has 0 saturated carbocycles. The van der Waals surface area contributed by atoms with Crippen LogP contribution in [0.2, 0.25) is 0 Å². The van der Waals surface area contributed by atoms with Crippen molar-refractivity contribution in [2.24, 2.45) is 0 Å². The Labute approximate surface area is 166 Å². The van der Waals surface area contributed by atoms with Gasteiger partial charge >= 0.3 is 0 Å². The van der Waals surface area contributed by atoms with Crippen molar-refractivity contribution in [2.45, 2.75) is 20.0 Å². The van der Waals surface area contributed by atoms with E-state index in [1.54, 1.807) is 22.2 Å². The van der Waals surface area contributed by atoms with E-state index in [4.69, 9.17) is 0 Å². The maximum Gasteiger partial charge on any atom is 0.251 e. The van der Waals surface area contributed by atoms with Gasteiger partial charge in [0.1, 0.15) is 12.1 Å². The highest BCUT2D eigenvalue weighted by molar-refractivity contribution is 7.09. The second-order valence-electron chi connectivity index (χ2n) is 6.39. The molecule has 4 rings (SSSR count). The van der Waals surface area contributed by atoms with E-state index in [9.17, 15) is 4.79 Å². The average Bonchev–Trinajstić information content (AvgIpc) is 3.36. The lowest BCUT2D eigenvalue weighted by Crippen LogP contribution is -2.27. The lowest BCUT2D eigenvalue weighted by atomic mass is 10.1. The van der Waals surface area contributed by atoms with Gasteiger partial charge in [-0.2, -0.15) is 5.10 Å². The third kappa shape index (κ3) is 4.01. The second kappa shape index (κ2) is 8.18. The van der Waals surface area contributed by atoms with Gasteiger partial charge < -0.3 is 10.6 Å². The Bertz CT molecular complexity index is 1090. The molecule has 0 atom stereocenters. The fourth-order valence-corrected chi connectivity index (χ4v) is 3.59. The molecule has 0 unspecified atom stereocenters. The van der Waals surface area contributed by atoms with Crippen molar-refractivity contribution >= 4 is 34.1 Å². The molecule has 0 aliphatic heterocycles. The van der Waals surface area contributed by atoms with Crippen LogP contribution in [0.3, 0.4) is 0 Å². The van der Waals surface area contributed by atoms with Crippen LogP contribution in [0.15, 0.2) is 54.3 Å². The lowest BCUT2D eigenvalue weighted by Gasteiger charge is -2.08. The van der Waals surface area contributed by atoms with Crippen LogP contribution in [0.4, 0.5) is 5.82 Å². The largest absolute Gasteiger partial charge is 0.364 e. The summed E-state index contributed by atoms with van der Waals surface area (Å²) in [6.45, 7) is 3.67. The van der Waals surface area contributed by atoms with Crippen molar-refractivity contribution in [3.63, 3.8) is 0 Å². The number of hydrogen-bond donors (Lipinski definition) is 2. The predicted octanol–water partition coefficient (Wildman–Crippen LogP) is 3.24. The summed E-state index contributed by atoms with van der Waals surface area (Å²) in [4.78, 5) is 22.2. The molecule has 0 fully saturated rings. The Kier molecular flexibility index (Phi) is 5.29. The normalized spacial score (nSPS) is 10.9. The van der Waals surface area contributed by atoms with Gasteiger partial charge in [0.2, 0.25) is 0 Å². The molecule has 0 aliphatic rings. The minimum Gasteiger partial charge on any atom is -0.364 e. The van der Waals surface area contributed by atoms with Gasteiger partial charge in [0.25, 0.3) is 5.91 Å². The monoisotopic (exact) mass is 392 g/mol. The van der Waals surface area contributed by atoms with Crippen LogP contribution in [-0.4, -0.2) is 32.2 Å². The smallest absolute Gasteiger partial charge is 0.251 e. The molecule has 2 N–H and O–H groups in total. The molecule has 0 bridgehead atoms. The number of fused-ring (bicyclic) bond motifs is 1. The molecule has 1 aromatic carbocycles. The van der Waals surface area contributed by atoms with Gasteiger partial charge in [0.15, 0.2) is 5.65 Å². The van der Waals surface area contributed by atoms with Gasteiger partial charge in [-0.3, -0.25) is 4.79 Å². The van der Waals surface area contributed by atoms with Gasteiger partial charge in [0, 0.05) is 17.0 Å². The molecule has 3 heterocycles. The van der Waals surface area contributed by atoms with Crippen LogP contribution in [-0.2, 0) is 13.1 Å². The molecule has 28 heavy (non-hydrogen) atoms. The van der Waals surface area contributed by atoms with Crippen LogP contribution in [0.25, 0.3) is 11.0 Å². The highest BCUT2D eigenvalue weighted by Gasteiger charge is 2.11. The minimum absolute atomic E-state index is 0.0897. The van der Waals surface area contributed by atoms with E-state index in [2.05, 4.69) is 37.1 Å². The lowest BCUT2D eigenvalue weighted by molar-refractivity contribution is 0.0952. The maximum atomic E-state index is 12.3. The highest BCUT2D eigenvalue weighted by Crippen LogP contribution is 2.20. The van der Waals surface area contributed by atoms with Crippen molar-refractivity contribution < 1.29 is 4.79 Å². The zero-order valence-electron chi connectivity index (χ0n) is 15.4. The van der Waals surface area contributed by atoms with Crippen LogP contribution < -0.4 is 10.6 Å². The van der Waals surface area contributed by atoms with Gasteiger partial charge in [-0.1, -0.05) is 23.8 Å². The van der Waals surface area contributed by atoms with Crippen LogP contribution in [0.1, 0.15) is 20.8 Å². The average molecular weight is 392 g/mol. The van der Waals surface area contributed by atoms with Crippen molar-refractivity contribution in [3.05, 3.63) is 70.3 Å². The summed E-state index contributed by atoms with van der Waals surface area (Å²) < 4.78 is 1.78. The van der Waals surface area contributed by atoms with E-state index in [0.717, 1.165) is 22.4 Å². The Morgan fingerprint density at radius 1 is 1.21 bits per heavy atom. The Hall–Kier alpha value is -3.26. The summed E-state index contributed by atoms with van der Waals surface area (Å²) in [7, 11) is 0. The first-order valence-corrected chi connectivity index (χ1v) is 9.86. The number of benzene rings is 1. The molecule has 8 heteroatoms. The van der Waals surface area contributed by atoms with Crippen LogP contribution >= 0.6 is 11.3 Å². The molecule has 1 amide bonds. The van der Waals surface area contributed by atoms with Crippen molar-refractivity contribution in [1.29, 1.82) is 0 Å². The summed E-state index contributed by atoms with van der Waals surface area (Å²) >= 11 is 1.70. The standard InChI is InChI=1S/C20H20N6OS/c1-14-4-2-5-15(10-14)20(27)21-7-8-26-19-17(12-25-26)18(23-13-24-19)22-11-16-6-3-9-28-16/h2-6,9-10,12-13H,7-8,11H2,1H3,(H,21,27)(H,22,23,24). The minimum atomic E-state index is -0.0897. The van der Waals surface area contributed by atoms with E-state index in [1.807, 2.05) is 37.3 Å². The van der Waals surface area contributed by atoms with E-state index in [0.29, 0.717) is 25.2 Å². The van der Waals surface area contributed by atoms with Gasteiger partial charge in [-0.05, 0) is 30.5 Å². The SMILES string of the molecule is Cc1cccc(C(=O)NCCn2ncc3c(NCc4cccs4)ncnc32)c1. The van der Waals surface area contributed by atoms with E-state index in [-0.39, 0.29) is 5.91 Å². The molecule has 7 nitrogen and oxygen atoms in total. The first kappa shape index (κ1) is 18.1.